The highest BCUT2D eigenvalue weighted by Crippen LogP contribution is 2.65. The van der Waals surface area contributed by atoms with Crippen molar-refractivity contribution >= 4 is 6.08 Å². The molecule has 1 aromatic carbocycles. The van der Waals surface area contributed by atoms with Crippen LogP contribution in [0.25, 0.3) is 6.08 Å². The third kappa shape index (κ3) is 4.48. The van der Waals surface area contributed by atoms with Crippen molar-refractivity contribution in [2.24, 2.45) is 28.6 Å². The number of hydrogen-bond acceptors (Lipinski definition) is 4. The van der Waals surface area contributed by atoms with E-state index in [2.05, 4.69) is 53.7 Å². The van der Waals surface area contributed by atoms with E-state index in [1.165, 1.54) is 17.6 Å². The van der Waals surface area contributed by atoms with Crippen molar-refractivity contribution in [1.82, 2.24) is 9.55 Å². The van der Waals surface area contributed by atoms with Crippen LogP contribution in [0.5, 0.6) is 5.75 Å². The van der Waals surface area contributed by atoms with Crippen molar-refractivity contribution in [3.63, 3.8) is 0 Å². The molecule has 0 unspecified atom stereocenters. The average Bonchev–Trinajstić information content (AvgIpc) is 3.49. The number of hydrogen-bond donors (Lipinski definition) is 2. The lowest BCUT2D eigenvalue weighted by Crippen LogP contribution is -2.51. The van der Waals surface area contributed by atoms with Gasteiger partial charge in [-0.3, -0.25) is 0 Å². The van der Waals surface area contributed by atoms with Gasteiger partial charge in [0.25, 0.3) is 0 Å². The van der Waals surface area contributed by atoms with E-state index in [0.717, 1.165) is 62.8 Å². The van der Waals surface area contributed by atoms with Crippen molar-refractivity contribution < 1.29 is 14.9 Å². The molecule has 3 fully saturated rings. The summed E-state index contributed by atoms with van der Waals surface area (Å²) in [6.45, 7) is 6.36. The molecular weight excluding hydrogens is 460 g/mol. The number of aliphatic hydroxyl groups is 2. The van der Waals surface area contributed by atoms with Gasteiger partial charge in [-0.05, 0) is 97.8 Å². The molecule has 0 saturated heterocycles. The number of nitrogens with zero attached hydrogens (tertiary/aromatic N) is 2. The van der Waals surface area contributed by atoms with Crippen LogP contribution in [0.3, 0.4) is 0 Å². The molecule has 0 radical (unpaired) electrons. The van der Waals surface area contributed by atoms with E-state index >= 15 is 0 Å². The fourth-order valence-corrected chi connectivity index (χ4v) is 8.40. The second-order valence-electron chi connectivity index (χ2n) is 12.6. The molecule has 0 spiro atoms. The molecule has 5 heteroatoms. The average molecular weight is 503 g/mol. The minimum atomic E-state index is -0.385. The highest BCUT2D eigenvalue weighted by molar-refractivity contribution is 5.57. The Labute approximate surface area is 221 Å². The van der Waals surface area contributed by atoms with Gasteiger partial charge in [0.1, 0.15) is 5.75 Å². The maximum absolute atomic E-state index is 11.6. The number of allylic oxidation sites excluding steroid dienone is 1. The third-order valence-corrected chi connectivity index (χ3v) is 10.5. The number of benzene rings is 1. The molecule has 2 aromatic rings. The van der Waals surface area contributed by atoms with Gasteiger partial charge in [0, 0.05) is 24.4 Å². The van der Waals surface area contributed by atoms with E-state index in [1.807, 2.05) is 18.6 Å². The molecule has 0 amide bonds. The van der Waals surface area contributed by atoms with E-state index in [9.17, 15) is 10.2 Å². The standard InChI is InChI=1S/C32H42N2O3/c1-31-11-9-25(35)20-24(31)7-8-27-28(31)10-12-32(2)29(27)19-23(30(32)36)17-22-5-3-6-26(18-22)37-16-4-14-34-15-13-33-21-34/h3,5-7,13,15,17-18,21,25,27-30,35-36H,4,8-12,14,16,19-20H2,1-2H3/b23-17+/t25-,27+,28-,29-,30-,31-,32-/m0/s1. The van der Waals surface area contributed by atoms with Gasteiger partial charge in [-0.2, -0.15) is 0 Å². The maximum Gasteiger partial charge on any atom is 0.119 e. The van der Waals surface area contributed by atoms with Crippen LogP contribution in [-0.2, 0) is 6.54 Å². The second-order valence-corrected chi connectivity index (χ2v) is 12.6. The molecule has 0 aliphatic heterocycles. The summed E-state index contributed by atoms with van der Waals surface area (Å²) in [5.41, 5.74) is 3.98. The van der Waals surface area contributed by atoms with Crippen LogP contribution in [0.2, 0.25) is 0 Å². The van der Waals surface area contributed by atoms with Gasteiger partial charge in [-0.25, -0.2) is 4.98 Å². The van der Waals surface area contributed by atoms with Crippen molar-refractivity contribution in [3.05, 3.63) is 65.8 Å². The number of fused-ring (bicyclic) bond motifs is 5. The lowest BCUT2D eigenvalue weighted by molar-refractivity contribution is -0.0685. The monoisotopic (exact) mass is 502 g/mol. The molecule has 0 bridgehead atoms. The zero-order chi connectivity index (χ0) is 25.6. The molecular formula is C32H42N2O3. The van der Waals surface area contributed by atoms with Crippen LogP contribution in [0.1, 0.15) is 70.8 Å². The number of aliphatic hydroxyl groups excluding tert-OH is 2. The summed E-state index contributed by atoms with van der Waals surface area (Å²) < 4.78 is 8.11. The molecule has 7 atom stereocenters. The van der Waals surface area contributed by atoms with Gasteiger partial charge < -0.3 is 19.5 Å². The van der Waals surface area contributed by atoms with Crippen LogP contribution in [0.4, 0.5) is 0 Å². The SMILES string of the molecule is C[C@]12CC[C@H]3[C@@H](CC=C4C[C@@H](O)CC[C@@]43C)[C@@H]1C/C(=C\c1cccc(OCCCn3ccnc3)c1)[C@@H]2O. The Balaban J connectivity index is 1.16. The Morgan fingerprint density at radius 3 is 2.86 bits per heavy atom. The van der Waals surface area contributed by atoms with E-state index in [-0.39, 0.29) is 23.0 Å². The normalized spacial score (nSPS) is 38.0. The van der Waals surface area contributed by atoms with E-state index < -0.39 is 0 Å². The Kier molecular flexibility index (Phi) is 6.57. The molecule has 6 rings (SSSR count). The summed E-state index contributed by atoms with van der Waals surface area (Å²) in [6.07, 6.45) is 17.9. The van der Waals surface area contributed by atoms with Gasteiger partial charge in [0.2, 0.25) is 0 Å². The van der Waals surface area contributed by atoms with Crippen LogP contribution < -0.4 is 4.74 Å². The first-order chi connectivity index (χ1) is 17.9. The maximum atomic E-state index is 11.6. The van der Waals surface area contributed by atoms with E-state index in [0.29, 0.717) is 24.4 Å². The highest BCUT2D eigenvalue weighted by atomic mass is 16.5. The van der Waals surface area contributed by atoms with Crippen molar-refractivity contribution in [2.75, 3.05) is 6.61 Å². The molecule has 5 nitrogen and oxygen atoms in total. The molecule has 4 aliphatic carbocycles. The van der Waals surface area contributed by atoms with E-state index in [1.54, 1.807) is 6.20 Å². The van der Waals surface area contributed by atoms with Crippen molar-refractivity contribution in [1.29, 1.82) is 0 Å². The first-order valence-electron chi connectivity index (χ1n) is 14.3. The number of aromatic nitrogens is 2. The first-order valence-corrected chi connectivity index (χ1v) is 14.3. The van der Waals surface area contributed by atoms with Crippen molar-refractivity contribution in [3.8, 4) is 5.75 Å². The summed E-state index contributed by atoms with van der Waals surface area (Å²) in [5.74, 6) is 2.68. The van der Waals surface area contributed by atoms with Crippen molar-refractivity contribution in [2.45, 2.75) is 84.0 Å². The zero-order valence-electron chi connectivity index (χ0n) is 22.4. The van der Waals surface area contributed by atoms with Crippen LogP contribution in [0, 0.1) is 28.6 Å². The number of aryl methyl sites for hydroxylation is 1. The smallest absolute Gasteiger partial charge is 0.119 e. The molecule has 1 aromatic heterocycles. The van der Waals surface area contributed by atoms with Gasteiger partial charge in [-0.15, -0.1) is 0 Å². The van der Waals surface area contributed by atoms with E-state index in [4.69, 9.17) is 4.74 Å². The first kappa shape index (κ1) is 24.9. The third-order valence-electron chi connectivity index (χ3n) is 10.5. The molecule has 2 N–H and O–H groups in total. The molecule has 4 aliphatic rings. The minimum absolute atomic E-state index is 0.0513. The van der Waals surface area contributed by atoms with Gasteiger partial charge >= 0.3 is 0 Å². The second kappa shape index (κ2) is 9.74. The largest absolute Gasteiger partial charge is 0.494 e. The summed E-state index contributed by atoms with van der Waals surface area (Å²) in [4.78, 5) is 4.09. The number of ether oxygens (including phenoxy) is 1. The van der Waals surface area contributed by atoms with Crippen LogP contribution >= 0.6 is 0 Å². The Bertz CT molecular complexity index is 1170. The Morgan fingerprint density at radius 2 is 2.03 bits per heavy atom. The van der Waals surface area contributed by atoms with Gasteiger partial charge in [0.05, 0.1) is 25.1 Å². The summed E-state index contributed by atoms with van der Waals surface area (Å²) in [7, 11) is 0. The summed E-state index contributed by atoms with van der Waals surface area (Å²) in [5, 5.41) is 21.9. The fourth-order valence-electron chi connectivity index (χ4n) is 8.40. The van der Waals surface area contributed by atoms with Crippen LogP contribution in [0.15, 0.2) is 60.2 Å². The molecule has 37 heavy (non-hydrogen) atoms. The number of imidazole rings is 1. The van der Waals surface area contributed by atoms with Gasteiger partial charge in [-0.1, -0.05) is 43.7 Å². The minimum Gasteiger partial charge on any atom is -0.494 e. The zero-order valence-corrected chi connectivity index (χ0v) is 22.4. The van der Waals surface area contributed by atoms with Gasteiger partial charge in [0.15, 0.2) is 0 Å². The summed E-state index contributed by atoms with van der Waals surface area (Å²) >= 11 is 0. The predicted molar refractivity (Wildman–Crippen MR) is 146 cm³/mol. The number of rotatable bonds is 6. The molecule has 3 saturated carbocycles. The topological polar surface area (TPSA) is 67.5 Å². The fraction of sp³-hybridized carbons (Fsp3) is 0.594. The summed E-state index contributed by atoms with van der Waals surface area (Å²) in [6, 6.07) is 8.29. The predicted octanol–water partition coefficient (Wildman–Crippen LogP) is 6.03. The highest BCUT2D eigenvalue weighted by Gasteiger charge is 2.59. The molecule has 1 heterocycles. The molecule has 198 valence electrons. The Morgan fingerprint density at radius 1 is 1.14 bits per heavy atom. The van der Waals surface area contributed by atoms with Crippen LogP contribution in [-0.4, -0.2) is 38.6 Å². The lowest BCUT2D eigenvalue weighted by Gasteiger charge is -2.57. The quantitative estimate of drug-likeness (QED) is 0.374. The lowest BCUT2D eigenvalue weighted by atomic mass is 9.48. The Hall–Kier alpha value is -2.37.